The molecule has 0 aliphatic heterocycles. The highest BCUT2D eigenvalue weighted by Crippen LogP contribution is 2.15. The maximum atomic E-state index is 11.5. The monoisotopic (exact) mass is 293 g/mol. The third kappa shape index (κ3) is 6.13. The molecule has 0 aromatic heterocycles. The summed E-state index contributed by atoms with van der Waals surface area (Å²) in [5.74, 6) is -1.32. The van der Waals surface area contributed by atoms with Gasteiger partial charge >= 0.3 is 0 Å². The lowest BCUT2D eigenvalue weighted by atomic mass is 10.00. The van der Waals surface area contributed by atoms with Gasteiger partial charge in [-0.3, -0.25) is 19.2 Å². The third-order valence-electron chi connectivity index (χ3n) is 2.69. The summed E-state index contributed by atoms with van der Waals surface area (Å²) in [5.41, 5.74) is 5.40. The molecule has 21 heavy (non-hydrogen) atoms. The first-order chi connectivity index (χ1) is 9.70. The number of carbonyl (C=O) groups is 4. The van der Waals surface area contributed by atoms with Crippen molar-refractivity contribution in [2.75, 3.05) is 0 Å². The lowest BCUT2D eigenvalue weighted by Gasteiger charge is -2.29. The molecule has 0 bridgehead atoms. The second-order valence-corrected chi connectivity index (χ2v) is 5.09. The molecule has 1 rings (SSSR count). The molecule has 1 aliphatic rings. The Bertz CT molecular complexity index is 536. The van der Waals surface area contributed by atoms with Crippen molar-refractivity contribution in [3.8, 4) is 0 Å². The van der Waals surface area contributed by atoms with Crippen LogP contribution < -0.4 is 16.4 Å². The maximum absolute atomic E-state index is 11.5. The second-order valence-electron chi connectivity index (χ2n) is 5.09. The van der Waals surface area contributed by atoms with Crippen molar-refractivity contribution < 1.29 is 19.2 Å². The number of Topliss-reactive ketones (excluding diaryl/α,β-unsaturated/α-hetero) is 2. The fourth-order valence-electron chi connectivity index (χ4n) is 1.80. The molecule has 1 aliphatic carbocycles. The van der Waals surface area contributed by atoms with E-state index in [-0.39, 0.29) is 30.8 Å². The SMILES string of the molecule is CC(=O)CC(=O)NC1=CCC(N)(NC(=O)CC(C)=O)C=C1. The molecule has 2 amide bonds. The normalized spacial score (nSPS) is 20.4. The van der Waals surface area contributed by atoms with E-state index in [4.69, 9.17) is 5.73 Å². The quantitative estimate of drug-likeness (QED) is 0.458. The van der Waals surface area contributed by atoms with Crippen LogP contribution in [0.2, 0.25) is 0 Å². The zero-order valence-corrected chi connectivity index (χ0v) is 12.1. The third-order valence-corrected chi connectivity index (χ3v) is 2.69. The van der Waals surface area contributed by atoms with Gasteiger partial charge in [-0.25, -0.2) is 0 Å². The summed E-state index contributed by atoms with van der Waals surface area (Å²) in [6, 6.07) is 0. The Kier molecular flexibility index (Phi) is 5.54. The molecule has 0 spiro atoms. The maximum Gasteiger partial charge on any atom is 0.231 e. The second kappa shape index (κ2) is 6.94. The molecule has 0 saturated heterocycles. The largest absolute Gasteiger partial charge is 0.334 e. The molecule has 0 radical (unpaired) electrons. The Morgan fingerprint density at radius 2 is 1.71 bits per heavy atom. The Hall–Kier alpha value is -2.28. The average molecular weight is 293 g/mol. The Labute approximate surface area is 122 Å². The number of hydrogen-bond donors (Lipinski definition) is 3. The van der Waals surface area contributed by atoms with Gasteiger partial charge in [-0.1, -0.05) is 6.08 Å². The number of carbonyl (C=O) groups excluding carboxylic acids is 4. The van der Waals surface area contributed by atoms with E-state index in [0.29, 0.717) is 5.70 Å². The Balaban J connectivity index is 2.55. The summed E-state index contributed by atoms with van der Waals surface area (Å²) in [4.78, 5) is 44.6. The summed E-state index contributed by atoms with van der Waals surface area (Å²) < 4.78 is 0. The lowest BCUT2D eigenvalue weighted by Crippen LogP contribution is -2.55. The van der Waals surface area contributed by atoms with Crippen LogP contribution in [-0.2, 0) is 19.2 Å². The topological polar surface area (TPSA) is 118 Å². The van der Waals surface area contributed by atoms with Crippen LogP contribution in [-0.4, -0.2) is 29.0 Å². The number of allylic oxidation sites excluding steroid dienone is 1. The van der Waals surface area contributed by atoms with E-state index in [0.717, 1.165) is 0 Å². The van der Waals surface area contributed by atoms with Crippen LogP contribution in [0.4, 0.5) is 0 Å². The number of hydrogen-bond acceptors (Lipinski definition) is 5. The summed E-state index contributed by atoms with van der Waals surface area (Å²) in [5, 5.41) is 5.12. The van der Waals surface area contributed by atoms with E-state index in [9.17, 15) is 19.2 Å². The van der Waals surface area contributed by atoms with E-state index in [1.54, 1.807) is 12.2 Å². The van der Waals surface area contributed by atoms with E-state index in [1.807, 2.05) is 0 Å². The molecule has 4 N–H and O–H groups in total. The van der Waals surface area contributed by atoms with Crippen LogP contribution in [0.5, 0.6) is 0 Å². The van der Waals surface area contributed by atoms with Crippen molar-refractivity contribution in [3.05, 3.63) is 23.9 Å². The highest BCUT2D eigenvalue weighted by atomic mass is 16.2. The predicted octanol–water partition coefficient (Wildman–Crippen LogP) is -0.324. The van der Waals surface area contributed by atoms with Crippen LogP contribution in [0.1, 0.15) is 33.1 Å². The minimum absolute atomic E-state index is 0.186. The minimum Gasteiger partial charge on any atom is -0.334 e. The number of nitrogens with one attached hydrogen (secondary N) is 2. The van der Waals surface area contributed by atoms with Gasteiger partial charge in [0, 0.05) is 12.1 Å². The van der Waals surface area contributed by atoms with Crippen LogP contribution in [0.15, 0.2) is 23.9 Å². The van der Waals surface area contributed by atoms with E-state index in [2.05, 4.69) is 10.6 Å². The molecular formula is C14H19N3O4. The van der Waals surface area contributed by atoms with Gasteiger partial charge < -0.3 is 16.4 Å². The van der Waals surface area contributed by atoms with Gasteiger partial charge in [0.2, 0.25) is 11.8 Å². The highest BCUT2D eigenvalue weighted by Gasteiger charge is 2.26. The first-order valence-corrected chi connectivity index (χ1v) is 6.48. The van der Waals surface area contributed by atoms with Gasteiger partial charge in [0.1, 0.15) is 17.2 Å². The standard InChI is InChI=1S/C14H19N3O4/c1-9(18)7-12(20)16-11-3-5-14(15,6-4-11)17-13(21)8-10(2)19/h3-5H,6-8,15H2,1-2H3,(H,16,20)(H,17,21). The highest BCUT2D eigenvalue weighted by molar-refractivity contribution is 5.98. The summed E-state index contributed by atoms with van der Waals surface area (Å²) in [6.45, 7) is 2.65. The lowest BCUT2D eigenvalue weighted by molar-refractivity contribution is -0.129. The summed E-state index contributed by atoms with van der Waals surface area (Å²) >= 11 is 0. The van der Waals surface area contributed by atoms with Gasteiger partial charge in [-0.15, -0.1) is 0 Å². The fourth-order valence-corrected chi connectivity index (χ4v) is 1.80. The molecule has 1 atom stereocenters. The van der Waals surface area contributed by atoms with Gasteiger partial charge in [-0.05, 0) is 26.0 Å². The molecule has 1 unspecified atom stereocenters. The molecule has 7 nitrogen and oxygen atoms in total. The van der Waals surface area contributed by atoms with Gasteiger partial charge in [0.15, 0.2) is 0 Å². The van der Waals surface area contributed by atoms with E-state index in [1.165, 1.54) is 19.9 Å². The molecule has 0 saturated carbocycles. The first kappa shape index (κ1) is 16.8. The Morgan fingerprint density at radius 3 is 2.19 bits per heavy atom. The average Bonchev–Trinajstić information content (AvgIpc) is 2.29. The molecule has 0 fully saturated rings. The van der Waals surface area contributed by atoms with Gasteiger partial charge in [-0.2, -0.15) is 0 Å². The van der Waals surface area contributed by atoms with E-state index < -0.39 is 17.5 Å². The van der Waals surface area contributed by atoms with E-state index >= 15 is 0 Å². The molecule has 0 aromatic rings. The van der Waals surface area contributed by atoms with Crippen molar-refractivity contribution in [2.45, 2.75) is 38.8 Å². The van der Waals surface area contributed by atoms with Crippen LogP contribution in [0, 0.1) is 0 Å². The van der Waals surface area contributed by atoms with Crippen LogP contribution >= 0.6 is 0 Å². The first-order valence-electron chi connectivity index (χ1n) is 6.48. The van der Waals surface area contributed by atoms with Crippen molar-refractivity contribution in [3.63, 3.8) is 0 Å². The molecule has 114 valence electrons. The number of amides is 2. The van der Waals surface area contributed by atoms with Gasteiger partial charge in [0.05, 0.1) is 12.8 Å². The predicted molar refractivity (Wildman–Crippen MR) is 75.6 cm³/mol. The smallest absolute Gasteiger partial charge is 0.231 e. The Morgan fingerprint density at radius 1 is 1.14 bits per heavy atom. The molecule has 0 heterocycles. The molecule has 7 heteroatoms. The van der Waals surface area contributed by atoms with Crippen molar-refractivity contribution in [1.82, 2.24) is 10.6 Å². The number of ketones is 2. The fraction of sp³-hybridized carbons (Fsp3) is 0.429. The number of nitrogens with two attached hydrogens (primary N) is 1. The zero-order valence-electron chi connectivity index (χ0n) is 12.1. The number of rotatable bonds is 6. The van der Waals surface area contributed by atoms with Crippen LogP contribution in [0.3, 0.4) is 0 Å². The van der Waals surface area contributed by atoms with Crippen molar-refractivity contribution in [1.29, 1.82) is 0 Å². The summed E-state index contributed by atoms with van der Waals surface area (Å²) in [6.07, 6.45) is 4.59. The van der Waals surface area contributed by atoms with Crippen molar-refractivity contribution >= 4 is 23.4 Å². The molecule has 0 aromatic carbocycles. The van der Waals surface area contributed by atoms with Gasteiger partial charge in [0.25, 0.3) is 0 Å². The minimum atomic E-state index is -1.08. The summed E-state index contributed by atoms with van der Waals surface area (Å²) in [7, 11) is 0. The van der Waals surface area contributed by atoms with Crippen molar-refractivity contribution in [2.24, 2.45) is 5.73 Å². The zero-order chi connectivity index (χ0) is 16.0. The molecular weight excluding hydrogens is 274 g/mol. The van der Waals surface area contributed by atoms with Crippen LogP contribution in [0.25, 0.3) is 0 Å².